The first kappa shape index (κ1) is 21.2. The summed E-state index contributed by atoms with van der Waals surface area (Å²) in [7, 11) is 1.71. The van der Waals surface area contributed by atoms with Gasteiger partial charge in [-0.15, -0.1) is 24.0 Å². The average Bonchev–Trinajstić information content (AvgIpc) is 2.60. The van der Waals surface area contributed by atoms with Gasteiger partial charge < -0.3 is 15.7 Å². The zero-order valence-electron chi connectivity index (χ0n) is 14.5. The highest BCUT2D eigenvalue weighted by molar-refractivity contribution is 14.0. The quantitative estimate of drug-likeness (QED) is 0.351. The highest BCUT2D eigenvalue weighted by Crippen LogP contribution is 2.15. The number of phenolic OH excluding ortho intramolecular Hbond substituents is 1. The van der Waals surface area contributed by atoms with Gasteiger partial charge in [-0.2, -0.15) is 0 Å². The van der Waals surface area contributed by atoms with Crippen molar-refractivity contribution in [1.29, 1.82) is 0 Å². The van der Waals surface area contributed by atoms with E-state index in [2.05, 4.69) is 34.7 Å². The van der Waals surface area contributed by atoms with Gasteiger partial charge >= 0.3 is 0 Å². The van der Waals surface area contributed by atoms with Crippen LogP contribution in [0.5, 0.6) is 5.75 Å². The summed E-state index contributed by atoms with van der Waals surface area (Å²) in [5.41, 5.74) is 2.05. The molecule has 0 aliphatic heterocycles. The van der Waals surface area contributed by atoms with Crippen LogP contribution in [-0.2, 0) is 13.0 Å². The Hall–Kier alpha value is -1.83. The topological polar surface area (TPSA) is 56.7 Å². The standard InChI is InChI=1S/C19H24FN3O.HI/c1-14(8-9-15-6-4-3-5-7-15)23-19(21-2)22-13-16-10-11-18(24)17(20)12-16;/h3-7,10-12,14,24H,8-9,13H2,1-2H3,(H2,21,22,23);1H. The van der Waals surface area contributed by atoms with Gasteiger partial charge in [-0.1, -0.05) is 36.4 Å². The highest BCUT2D eigenvalue weighted by Gasteiger charge is 2.07. The summed E-state index contributed by atoms with van der Waals surface area (Å²) < 4.78 is 13.3. The lowest BCUT2D eigenvalue weighted by atomic mass is 10.1. The molecule has 0 saturated carbocycles. The first-order chi connectivity index (χ1) is 11.6. The lowest BCUT2D eigenvalue weighted by Gasteiger charge is -2.18. The Kier molecular flexibility index (Phi) is 9.26. The largest absolute Gasteiger partial charge is 0.505 e. The number of aromatic hydroxyl groups is 1. The first-order valence-electron chi connectivity index (χ1n) is 8.07. The summed E-state index contributed by atoms with van der Waals surface area (Å²) in [5.74, 6) is -0.284. The molecule has 4 nitrogen and oxygen atoms in total. The third-order valence-electron chi connectivity index (χ3n) is 3.79. The van der Waals surface area contributed by atoms with Gasteiger partial charge in [0.25, 0.3) is 0 Å². The molecule has 0 saturated heterocycles. The minimum Gasteiger partial charge on any atom is -0.505 e. The van der Waals surface area contributed by atoms with Gasteiger partial charge in [0.2, 0.25) is 0 Å². The number of hydrogen-bond donors (Lipinski definition) is 3. The van der Waals surface area contributed by atoms with E-state index in [4.69, 9.17) is 0 Å². The van der Waals surface area contributed by atoms with Crippen molar-refractivity contribution < 1.29 is 9.50 Å². The zero-order chi connectivity index (χ0) is 17.4. The van der Waals surface area contributed by atoms with Crippen molar-refractivity contribution in [2.24, 2.45) is 4.99 Å². The molecule has 0 fully saturated rings. The number of hydrogen-bond acceptors (Lipinski definition) is 2. The summed E-state index contributed by atoms with van der Waals surface area (Å²) in [6, 6.07) is 15.0. The average molecular weight is 457 g/mol. The van der Waals surface area contributed by atoms with E-state index in [-0.39, 0.29) is 35.8 Å². The second-order valence-corrected chi connectivity index (χ2v) is 5.78. The van der Waals surface area contributed by atoms with Crippen LogP contribution in [0.4, 0.5) is 4.39 Å². The monoisotopic (exact) mass is 457 g/mol. The van der Waals surface area contributed by atoms with E-state index in [0.29, 0.717) is 12.5 Å². The number of guanidine groups is 1. The van der Waals surface area contributed by atoms with Crippen molar-refractivity contribution in [3.63, 3.8) is 0 Å². The SMILES string of the molecule is CN=C(NCc1ccc(O)c(F)c1)NC(C)CCc1ccccc1.I. The number of aryl methyl sites for hydroxylation is 1. The van der Waals surface area contributed by atoms with E-state index in [0.717, 1.165) is 18.4 Å². The molecule has 0 bridgehead atoms. The van der Waals surface area contributed by atoms with Gasteiger partial charge in [-0.05, 0) is 43.0 Å². The maximum atomic E-state index is 13.3. The fourth-order valence-corrected chi connectivity index (χ4v) is 2.37. The highest BCUT2D eigenvalue weighted by atomic mass is 127. The van der Waals surface area contributed by atoms with E-state index >= 15 is 0 Å². The number of benzene rings is 2. The molecule has 0 amide bonds. The Morgan fingerprint density at radius 2 is 1.88 bits per heavy atom. The maximum absolute atomic E-state index is 13.3. The van der Waals surface area contributed by atoms with Gasteiger partial charge in [0.1, 0.15) is 0 Å². The maximum Gasteiger partial charge on any atom is 0.191 e. The molecule has 0 radical (unpaired) electrons. The van der Waals surface area contributed by atoms with E-state index in [9.17, 15) is 9.50 Å². The molecule has 0 aromatic heterocycles. The Morgan fingerprint density at radius 3 is 2.52 bits per heavy atom. The van der Waals surface area contributed by atoms with E-state index in [1.54, 1.807) is 13.1 Å². The number of aliphatic imine (C=N–C) groups is 1. The third-order valence-corrected chi connectivity index (χ3v) is 3.79. The number of rotatable bonds is 6. The Labute approximate surface area is 165 Å². The molecular formula is C19H25FIN3O. The minimum absolute atomic E-state index is 0. The van der Waals surface area contributed by atoms with Crippen LogP contribution in [0.25, 0.3) is 0 Å². The van der Waals surface area contributed by atoms with Crippen LogP contribution in [-0.4, -0.2) is 24.2 Å². The molecular weight excluding hydrogens is 432 g/mol. The number of phenols is 1. The van der Waals surface area contributed by atoms with Crippen molar-refractivity contribution in [3.05, 3.63) is 65.5 Å². The van der Waals surface area contributed by atoms with Gasteiger partial charge in [0.05, 0.1) is 0 Å². The van der Waals surface area contributed by atoms with Crippen LogP contribution in [0.1, 0.15) is 24.5 Å². The molecule has 3 N–H and O–H groups in total. The van der Waals surface area contributed by atoms with Gasteiger partial charge in [-0.25, -0.2) is 4.39 Å². The minimum atomic E-state index is -0.617. The summed E-state index contributed by atoms with van der Waals surface area (Å²) in [6.45, 7) is 2.54. The molecule has 1 atom stereocenters. The smallest absolute Gasteiger partial charge is 0.191 e. The first-order valence-corrected chi connectivity index (χ1v) is 8.07. The summed E-state index contributed by atoms with van der Waals surface area (Å²) >= 11 is 0. The van der Waals surface area contributed by atoms with E-state index in [1.165, 1.54) is 17.7 Å². The fraction of sp³-hybridized carbons (Fsp3) is 0.316. The van der Waals surface area contributed by atoms with E-state index < -0.39 is 5.82 Å². The zero-order valence-corrected chi connectivity index (χ0v) is 16.8. The molecule has 0 aliphatic rings. The van der Waals surface area contributed by atoms with Gasteiger partial charge in [0, 0.05) is 19.6 Å². The van der Waals surface area contributed by atoms with Crippen LogP contribution >= 0.6 is 24.0 Å². The molecule has 1 unspecified atom stereocenters. The Morgan fingerprint density at radius 1 is 1.16 bits per heavy atom. The number of halogens is 2. The molecule has 2 aromatic rings. The molecule has 2 aromatic carbocycles. The van der Waals surface area contributed by atoms with Crippen LogP contribution in [0.3, 0.4) is 0 Å². The van der Waals surface area contributed by atoms with Gasteiger partial charge in [0.15, 0.2) is 17.5 Å². The van der Waals surface area contributed by atoms with Crippen LogP contribution < -0.4 is 10.6 Å². The molecule has 0 heterocycles. The second kappa shape index (κ2) is 10.9. The molecule has 136 valence electrons. The van der Waals surface area contributed by atoms with Gasteiger partial charge in [-0.3, -0.25) is 4.99 Å². The van der Waals surface area contributed by atoms with Crippen LogP contribution in [0.2, 0.25) is 0 Å². The van der Waals surface area contributed by atoms with E-state index in [1.807, 2.05) is 18.2 Å². The molecule has 2 rings (SSSR count). The fourth-order valence-electron chi connectivity index (χ4n) is 2.37. The Bertz CT molecular complexity index is 680. The van der Waals surface area contributed by atoms with Crippen LogP contribution in [0, 0.1) is 5.82 Å². The summed E-state index contributed by atoms with van der Waals surface area (Å²) in [4.78, 5) is 4.19. The number of nitrogens with one attached hydrogen (secondary N) is 2. The Balaban J connectivity index is 0.00000312. The van der Waals surface area contributed by atoms with Crippen LogP contribution in [0.15, 0.2) is 53.5 Å². The normalized spacial score (nSPS) is 12.2. The second-order valence-electron chi connectivity index (χ2n) is 5.78. The van der Waals surface area contributed by atoms with Crippen molar-refractivity contribution >= 4 is 29.9 Å². The summed E-state index contributed by atoms with van der Waals surface area (Å²) in [5, 5.41) is 15.7. The predicted octanol–water partition coefficient (Wildman–Crippen LogP) is 3.84. The van der Waals surface area contributed by atoms with Crippen molar-refractivity contribution in [2.75, 3.05) is 7.05 Å². The number of nitrogens with zero attached hydrogens (tertiary/aromatic N) is 1. The lowest BCUT2D eigenvalue weighted by Crippen LogP contribution is -2.42. The van der Waals surface area contributed by atoms with Crippen molar-refractivity contribution in [2.45, 2.75) is 32.4 Å². The van der Waals surface area contributed by atoms with Crippen molar-refractivity contribution in [3.8, 4) is 5.75 Å². The molecule has 6 heteroatoms. The molecule has 25 heavy (non-hydrogen) atoms. The molecule has 0 spiro atoms. The summed E-state index contributed by atoms with van der Waals surface area (Å²) in [6.07, 6.45) is 1.98. The third kappa shape index (κ3) is 7.29. The van der Waals surface area contributed by atoms with Crippen molar-refractivity contribution in [1.82, 2.24) is 10.6 Å². The lowest BCUT2D eigenvalue weighted by molar-refractivity contribution is 0.431. The predicted molar refractivity (Wildman–Crippen MR) is 111 cm³/mol. The molecule has 0 aliphatic carbocycles.